The molecule has 4 heterocycles. The number of pyridine rings is 1. The first-order chi connectivity index (χ1) is 23.8. The largest absolute Gasteiger partial charge is 0.294 e. The lowest BCUT2D eigenvalue weighted by atomic mass is 9.98. The van der Waals surface area contributed by atoms with Crippen molar-refractivity contribution >= 4 is 70.7 Å². The van der Waals surface area contributed by atoms with Gasteiger partial charge in [-0.1, -0.05) is 133 Å². The van der Waals surface area contributed by atoms with Gasteiger partial charge in [0.1, 0.15) is 11.5 Å². The second-order valence-corrected chi connectivity index (χ2v) is 12.8. The zero-order chi connectivity index (χ0) is 31.3. The van der Waals surface area contributed by atoms with Crippen LogP contribution in [0.25, 0.3) is 98.9 Å². The van der Waals surface area contributed by atoms with Crippen LogP contribution < -0.4 is 0 Å². The summed E-state index contributed by atoms with van der Waals surface area (Å²) in [6.07, 6.45) is 0. The van der Waals surface area contributed by atoms with E-state index in [1.54, 1.807) is 0 Å². The Labute approximate surface area is 275 Å². The van der Waals surface area contributed by atoms with Crippen molar-refractivity contribution in [2.24, 2.45) is 0 Å². The van der Waals surface area contributed by atoms with Crippen LogP contribution in [0.15, 0.2) is 164 Å². The van der Waals surface area contributed by atoms with Crippen molar-refractivity contribution in [2.45, 2.75) is 0 Å². The van der Waals surface area contributed by atoms with Gasteiger partial charge in [0.25, 0.3) is 0 Å². The minimum absolute atomic E-state index is 0.903. The smallest absolute Gasteiger partial charge is 0.140 e. The molecule has 3 heteroatoms. The van der Waals surface area contributed by atoms with Crippen molar-refractivity contribution in [1.82, 2.24) is 14.0 Å². The summed E-state index contributed by atoms with van der Waals surface area (Å²) < 4.78 is 4.93. The van der Waals surface area contributed by atoms with Crippen molar-refractivity contribution in [3.05, 3.63) is 164 Å². The SMILES string of the molecule is c1ccc(-c2cc(-c3ccccc3)nc(-n3c4ccc5ccccc5c4c4c5cc6ccccc6c6c7ccccc7n(c56)c43)c2)cc1. The van der Waals surface area contributed by atoms with Gasteiger partial charge < -0.3 is 0 Å². The van der Waals surface area contributed by atoms with Crippen LogP contribution in [-0.2, 0) is 0 Å². The fourth-order valence-electron chi connectivity index (χ4n) is 8.18. The van der Waals surface area contributed by atoms with Gasteiger partial charge >= 0.3 is 0 Å². The van der Waals surface area contributed by atoms with Gasteiger partial charge in [0.05, 0.1) is 22.2 Å². The average Bonchev–Trinajstić information content (AvgIpc) is 3.79. The third-order valence-electron chi connectivity index (χ3n) is 10.2. The molecule has 0 fully saturated rings. The van der Waals surface area contributed by atoms with E-state index in [1.165, 1.54) is 65.1 Å². The van der Waals surface area contributed by atoms with Crippen molar-refractivity contribution in [3.8, 4) is 28.2 Å². The molecule has 48 heavy (non-hydrogen) atoms. The summed E-state index contributed by atoms with van der Waals surface area (Å²) in [5, 5.41) is 11.4. The Hall–Kier alpha value is -6.45. The van der Waals surface area contributed by atoms with E-state index in [2.05, 4.69) is 173 Å². The van der Waals surface area contributed by atoms with Gasteiger partial charge in [-0.05, 0) is 63.0 Å². The molecule has 0 saturated carbocycles. The fraction of sp³-hybridized carbons (Fsp3) is 0. The molecule has 0 amide bonds. The first kappa shape index (κ1) is 25.7. The third-order valence-corrected chi connectivity index (χ3v) is 10.2. The molecule has 0 unspecified atom stereocenters. The molecular formula is C45H27N3. The highest BCUT2D eigenvalue weighted by Crippen LogP contribution is 2.48. The molecule has 0 atom stereocenters. The molecule has 222 valence electrons. The number of fused-ring (bicyclic) bond motifs is 12. The molecule has 0 N–H and O–H groups in total. The second-order valence-electron chi connectivity index (χ2n) is 12.8. The number of nitrogens with zero attached hydrogens (tertiary/aromatic N) is 3. The number of rotatable bonds is 3. The Bertz CT molecular complexity index is 2980. The maximum absolute atomic E-state index is 5.48. The van der Waals surface area contributed by atoms with Crippen LogP contribution in [0, 0.1) is 0 Å². The maximum atomic E-state index is 5.48. The highest BCUT2D eigenvalue weighted by Gasteiger charge is 2.27. The monoisotopic (exact) mass is 609 g/mol. The molecule has 0 aliphatic carbocycles. The topological polar surface area (TPSA) is 22.2 Å². The lowest BCUT2D eigenvalue weighted by molar-refractivity contribution is 1.05. The third kappa shape index (κ3) is 3.40. The van der Waals surface area contributed by atoms with E-state index in [0.29, 0.717) is 0 Å². The Morgan fingerprint density at radius 1 is 0.396 bits per heavy atom. The summed E-state index contributed by atoms with van der Waals surface area (Å²) in [5.41, 5.74) is 9.13. The van der Waals surface area contributed by atoms with Gasteiger partial charge in [-0.25, -0.2) is 4.98 Å². The van der Waals surface area contributed by atoms with Crippen molar-refractivity contribution in [1.29, 1.82) is 0 Å². The molecule has 3 nitrogen and oxygen atoms in total. The number of benzene rings is 7. The van der Waals surface area contributed by atoms with E-state index in [4.69, 9.17) is 4.98 Å². The molecule has 11 aromatic rings. The highest BCUT2D eigenvalue weighted by atomic mass is 15.2. The van der Waals surface area contributed by atoms with E-state index in [9.17, 15) is 0 Å². The zero-order valence-corrected chi connectivity index (χ0v) is 25.9. The van der Waals surface area contributed by atoms with Crippen LogP contribution in [0.1, 0.15) is 0 Å². The minimum Gasteiger partial charge on any atom is -0.294 e. The first-order valence-electron chi connectivity index (χ1n) is 16.5. The zero-order valence-electron chi connectivity index (χ0n) is 25.9. The molecular weight excluding hydrogens is 583 g/mol. The molecule has 0 bridgehead atoms. The van der Waals surface area contributed by atoms with Crippen molar-refractivity contribution in [3.63, 3.8) is 0 Å². The van der Waals surface area contributed by atoms with Crippen molar-refractivity contribution < 1.29 is 0 Å². The maximum Gasteiger partial charge on any atom is 0.140 e. The Morgan fingerprint density at radius 2 is 1.04 bits per heavy atom. The van der Waals surface area contributed by atoms with E-state index < -0.39 is 0 Å². The standard InChI is InChI=1S/C45H27N3/c1-3-13-28(14-4-1)32-26-37(30-16-5-2-6-17-30)46-40(27-32)47-39-24-23-29-15-7-9-19-33(29)42(39)43-36-25-31-18-8-10-20-34(31)41-35-21-11-12-22-38(35)48(44(36)41)45(43)47/h1-27H. The molecule has 0 spiro atoms. The average molecular weight is 610 g/mol. The van der Waals surface area contributed by atoms with Crippen LogP contribution in [0.3, 0.4) is 0 Å². The fourth-order valence-corrected chi connectivity index (χ4v) is 8.18. The lowest BCUT2D eigenvalue weighted by Crippen LogP contribution is -2.02. The quantitative estimate of drug-likeness (QED) is 0.195. The van der Waals surface area contributed by atoms with Crippen LogP contribution in [0.5, 0.6) is 0 Å². The summed E-state index contributed by atoms with van der Waals surface area (Å²) in [4.78, 5) is 5.48. The van der Waals surface area contributed by atoms with Crippen LogP contribution >= 0.6 is 0 Å². The van der Waals surface area contributed by atoms with E-state index in [0.717, 1.165) is 33.8 Å². The summed E-state index contributed by atoms with van der Waals surface area (Å²) in [5.74, 6) is 0.903. The molecule has 0 radical (unpaired) electrons. The predicted octanol–water partition coefficient (Wildman–Crippen LogP) is 11.8. The van der Waals surface area contributed by atoms with Gasteiger partial charge in [0.15, 0.2) is 0 Å². The number of aromatic nitrogens is 3. The molecule has 0 aliphatic rings. The first-order valence-corrected chi connectivity index (χ1v) is 16.5. The molecule has 4 aromatic heterocycles. The number of para-hydroxylation sites is 1. The molecule has 11 rings (SSSR count). The van der Waals surface area contributed by atoms with Gasteiger partial charge in [-0.2, -0.15) is 0 Å². The Balaban J connectivity index is 1.41. The van der Waals surface area contributed by atoms with Gasteiger partial charge in [0.2, 0.25) is 0 Å². The summed E-state index contributed by atoms with van der Waals surface area (Å²) >= 11 is 0. The summed E-state index contributed by atoms with van der Waals surface area (Å²) in [6, 6.07) is 59.1. The normalized spacial score (nSPS) is 12.2. The minimum atomic E-state index is 0.903. The van der Waals surface area contributed by atoms with Crippen LogP contribution in [-0.4, -0.2) is 14.0 Å². The predicted molar refractivity (Wildman–Crippen MR) is 202 cm³/mol. The highest BCUT2D eigenvalue weighted by molar-refractivity contribution is 6.37. The lowest BCUT2D eigenvalue weighted by Gasteiger charge is -2.13. The number of hydrogen-bond acceptors (Lipinski definition) is 1. The molecule has 0 aliphatic heterocycles. The second kappa shape index (κ2) is 9.54. The summed E-state index contributed by atoms with van der Waals surface area (Å²) in [6.45, 7) is 0. The number of hydrogen-bond donors (Lipinski definition) is 0. The Kier molecular flexibility index (Phi) is 5.11. The summed E-state index contributed by atoms with van der Waals surface area (Å²) in [7, 11) is 0. The van der Waals surface area contributed by atoms with Crippen LogP contribution in [0.2, 0.25) is 0 Å². The van der Waals surface area contributed by atoms with Crippen LogP contribution in [0.4, 0.5) is 0 Å². The van der Waals surface area contributed by atoms with E-state index >= 15 is 0 Å². The molecule has 0 saturated heterocycles. The Morgan fingerprint density at radius 3 is 1.83 bits per heavy atom. The van der Waals surface area contributed by atoms with Gasteiger partial charge in [-0.15, -0.1) is 0 Å². The van der Waals surface area contributed by atoms with Gasteiger partial charge in [0, 0.05) is 32.5 Å². The van der Waals surface area contributed by atoms with Crippen molar-refractivity contribution in [2.75, 3.05) is 0 Å². The van der Waals surface area contributed by atoms with E-state index in [1.807, 2.05) is 0 Å². The van der Waals surface area contributed by atoms with E-state index in [-0.39, 0.29) is 0 Å². The molecule has 7 aromatic carbocycles. The van der Waals surface area contributed by atoms with Gasteiger partial charge in [-0.3, -0.25) is 8.97 Å².